The van der Waals surface area contributed by atoms with E-state index in [4.69, 9.17) is 0 Å². The van der Waals surface area contributed by atoms with E-state index in [-0.39, 0.29) is 0 Å². The molecule has 1 radical (unpaired) electrons. The zero-order valence-electron chi connectivity index (χ0n) is 7.90. The number of alkyl halides is 3. The lowest BCUT2D eigenvalue weighted by atomic mass is 10.2. The van der Waals surface area contributed by atoms with Gasteiger partial charge in [0.25, 0.3) is 0 Å². The summed E-state index contributed by atoms with van der Waals surface area (Å²) in [4.78, 5) is 0.646. The summed E-state index contributed by atoms with van der Waals surface area (Å²) >= 11 is 0.806. The van der Waals surface area contributed by atoms with Gasteiger partial charge >= 0.3 is 6.18 Å². The predicted octanol–water partition coefficient (Wildman–Crippen LogP) is 3.76. The van der Waals surface area contributed by atoms with Crippen molar-refractivity contribution in [2.24, 2.45) is 0 Å². The topological polar surface area (TPSA) is 0 Å². The molecule has 0 atom stereocenters. The first kappa shape index (κ1) is 11.4. The fourth-order valence-electron chi connectivity index (χ4n) is 1.04. The minimum atomic E-state index is -4.11. The van der Waals surface area contributed by atoms with E-state index in [1.54, 1.807) is 19.1 Å². The third kappa shape index (κ3) is 3.62. The van der Waals surface area contributed by atoms with E-state index in [9.17, 15) is 13.2 Å². The number of hydrogen-bond donors (Lipinski definition) is 0. The van der Waals surface area contributed by atoms with E-state index in [1.807, 2.05) is 6.92 Å². The summed E-state index contributed by atoms with van der Waals surface area (Å²) in [5.41, 5.74) is 1.72. The zero-order chi connectivity index (χ0) is 10.8. The van der Waals surface area contributed by atoms with Crippen molar-refractivity contribution >= 4 is 11.8 Å². The van der Waals surface area contributed by atoms with E-state index in [0.717, 1.165) is 22.9 Å². The Kier molecular flexibility index (Phi) is 3.48. The van der Waals surface area contributed by atoms with Crippen molar-refractivity contribution in [2.75, 3.05) is 5.75 Å². The molecule has 0 saturated carbocycles. The third-order valence-corrected chi connectivity index (χ3v) is 2.86. The van der Waals surface area contributed by atoms with Crippen LogP contribution in [0.1, 0.15) is 11.1 Å². The number of thioether (sulfide) groups is 1. The second-order valence-corrected chi connectivity index (χ2v) is 4.05. The van der Waals surface area contributed by atoms with E-state index >= 15 is 0 Å². The maximum Gasteiger partial charge on any atom is 0.398 e. The molecule has 0 bridgehead atoms. The van der Waals surface area contributed by atoms with E-state index < -0.39 is 11.9 Å². The highest BCUT2D eigenvalue weighted by atomic mass is 32.2. The van der Waals surface area contributed by atoms with Gasteiger partial charge < -0.3 is 0 Å². The molecule has 4 heteroatoms. The van der Waals surface area contributed by atoms with Gasteiger partial charge in [0.05, 0.1) is 5.75 Å². The molecule has 0 spiro atoms. The minimum absolute atomic E-state index is 0.646. The molecule has 1 aromatic rings. The Balaban J connectivity index is 2.68. The van der Waals surface area contributed by atoms with Crippen molar-refractivity contribution in [3.8, 4) is 0 Å². The maximum absolute atomic E-state index is 11.9. The van der Waals surface area contributed by atoms with Gasteiger partial charge in [-0.25, -0.2) is 0 Å². The van der Waals surface area contributed by atoms with Crippen molar-refractivity contribution in [2.45, 2.75) is 24.9 Å². The van der Waals surface area contributed by atoms with Crippen molar-refractivity contribution in [3.63, 3.8) is 0 Å². The first-order valence-electron chi connectivity index (χ1n) is 4.07. The Labute approximate surface area is 85.5 Å². The number of hydrogen-bond acceptors (Lipinski definition) is 1. The fourth-order valence-corrected chi connectivity index (χ4v) is 1.79. The highest BCUT2D eigenvalue weighted by Crippen LogP contribution is 2.29. The number of aryl methyl sites for hydroxylation is 2. The first-order valence-corrected chi connectivity index (χ1v) is 5.06. The van der Waals surface area contributed by atoms with Crippen molar-refractivity contribution < 1.29 is 13.2 Å². The van der Waals surface area contributed by atoms with Gasteiger partial charge in [0.1, 0.15) is 0 Å². The monoisotopic (exact) mass is 219 g/mol. The van der Waals surface area contributed by atoms with Crippen LogP contribution >= 0.6 is 11.8 Å². The van der Waals surface area contributed by atoms with Crippen LogP contribution in [0.15, 0.2) is 17.0 Å². The standard InChI is InChI=1S/C10H10F3S/c1-7-3-4-9(8(2)5-7)14-6-10(11,12)13/h3-4H,6H2,1-2H3. The van der Waals surface area contributed by atoms with Crippen LogP contribution in [0.5, 0.6) is 0 Å². The molecule has 0 fully saturated rings. The van der Waals surface area contributed by atoms with Crippen LogP contribution in [0.4, 0.5) is 13.2 Å². The van der Waals surface area contributed by atoms with Crippen LogP contribution in [0.2, 0.25) is 0 Å². The van der Waals surface area contributed by atoms with Crippen LogP contribution in [0, 0.1) is 19.9 Å². The summed E-state index contributed by atoms with van der Waals surface area (Å²) in [5, 5.41) is 0. The van der Waals surface area contributed by atoms with E-state index in [0.29, 0.717) is 4.90 Å². The molecule has 0 aromatic heterocycles. The van der Waals surface area contributed by atoms with Crippen molar-refractivity contribution in [1.82, 2.24) is 0 Å². The van der Waals surface area contributed by atoms with Crippen LogP contribution in [0.25, 0.3) is 0 Å². The average molecular weight is 219 g/mol. The second kappa shape index (κ2) is 4.26. The second-order valence-electron chi connectivity index (χ2n) is 3.03. The molecule has 0 aliphatic rings. The van der Waals surface area contributed by atoms with Crippen LogP contribution in [-0.4, -0.2) is 11.9 Å². The Morgan fingerprint density at radius 3 is 2.43 bits per heavy atom. The summed E-state index contributed by atoms with van der Waals surface area (Å²) < 4.78 is 35.8. The third-order valence-electron chi connectivity index (χ3n) is 1.63. The van der Waals surface area contributed by atoms with Gasteiger partial charge in [-0.1, -0.05) is 6.07 Å². The molecule has 0 unspecified atom stereocenters. The highest BCUT2D eigenvalue weighted by molar-refractivity contribution is 7.99. The van der Waals surface area contributed by atoms with E-state index in [2.05, 4.69) is 6.07 Å². The van der Waals surface area contributed by atoms with Gasteiger partial charge in [-0.3, -0.25) is 0 Å². The van der Waals surface area contributed by atoms with Gasteiger partial charge in [0.15, 0.2) is 0 Å². The molecule has 1 aromatic carbocycles. The van der Waals surface area contributed by atoms with Crippen molar-refractivity contribution in [1.29, 1.82) is 0 Å². The lowest BCUT2D eigenvalue weighted by molar-refractivity contribution is -0.105. The molecular formula is C10H10F3S. The highest BCUT2D eigenvalue weighted by Gasteiger charge is 2.27. The largest absolute Gasteiger partial charge is 0.398 e. The predicted molar refractivity (Wildman–Crippen MR) is 51.5 cm³/mol. The summed E-state index contributed by atoms with van der Waals surface area (Å²) in [6.07, 6.45) is -4.11. The van der Waals surface area contributed by atoms with Gasteiger partial charge in [-0.2, -0.15) is 13.2 Å². The molecule has 0 nitrogen and oxygen atoms in total. The molecule has 1 rings (SSSR count). The Hall–Kier alpha value is -0.640. The quantitative estimate of drug-likeness (QED) is 0.682. The molecule has 0 aliphatic heterocycles. The Morgan fingerprint density at radius 2 is 1.93 bits per heavy atom. The summed E-state index contributed by atoms with van der Waals surface area (Å²) in [6.45, 7) is 3.64. The molecule has 0 N–H and O–H groups in total. The zero-order valence-corrected chi connectivity index (χ0v) is 8.72. The molecular weight excluding hydrogens is 209 g/mol. The summed E-state index contributed by atoms with van der Waals surface area (Å²) in [6, 6.07) is 6.46. The molecule has 14 heavy (non-hydrogen) atoms. The average Bonchev–Trinajstić information content (AvgIpc) is 2.00. The number of benzene rings is 1. The molecule has 0 aliphatic carbocycles. The van der Waals surface area contributed by atoms with Gasteiger partial charge in [-0.05, 0) is 37.1 Å². The molecule has 77 valence electrons. The van der Waals surface area contributed by atoms with Gasteiger partial charge in [-0.15, -0.1) is 11.8 Å². The van der Waals surface area contributed by atoms with Crippen LogP contribution in [-0.2, 0) is 0 Å². The lowest BCUT2D eigenvalue weighted by Gasteiger charge is -2.08. The smallest absolute Gasteiger partial charge is 0.170 e. The molecule has 0 heterocycles. The molecule has 0 saturated heterocycles. The Morgan fingerprint density at radius 1 is 1.29 bits per heavy atom. The Bertz CT molecular complexity index is 318. The van der Waals surface area contributed by atoms with E-state index in [1.165, 1.54) is 0 Å². The van der Waals surface area contributed by atoms with Crippen molar-refractivity contribution in [3.05, 3.63) is 29.3 Å². The summed E-state index contributed by atoms with van der Waals surface area (Å²) in [5.74, 6) is -0.843. The van der Waals surface area contributed by atoms with Crippen LogP contribution in [0.3, 0.4) is 0 Å². The lowest BCUT2D eigenvalue weighted by Crippen LogP contribution is -2.10. The summed E-state index contributed by atoms with van der Waals surface area (Å²) in [7, 11) is 0. The fraction of sp³-hybridized carbons (Fsp3) is 0.400. The normalized spacial score (nSPS) is 11.8. The molecule has 0 amide bonds. The van der Waals surface area contributed by atoms with Gasteiger partial charge in [0.2, 0.25) is 0 Å². The number of rotatable bonds is 2. The first-order chi connectivity index (χ1) is 6.38. The van der Waals surface area contributed by atoms with Gasteiger partial charge in [0, 0.05) is 4.90 Å². The SMILES string of the molecule is Cc1[c]c(C)c(SCC(F)(F)F)cc1. The maximum atomic E-state index is 11.9. The number of halogens is 3. The minimum Gasteiger partial charge on any atom is -0.170 e. The van der Waals surface area contributed by atoms with Crippen LogP contribution < -0.4 is 0 Å².